The molecule has 0 saturated carbocycles. The van der Waals surface area contributed by atoms with E-state index in [9.17, 15) is 4.79 Å². The molecule has 0 spiro atoms. The minimum atomic E-state index is -0.154. The molecule has 3 aromatic rings. The second-order valence-corrected chi connectivity index (χ2v) is 5.06. The third-order valence-electron chi connectivity index (χ3n) is 3.46. The van der Waals surface area contributed by atoms with E-state index in [0.29, 0.717) is 0 Å². The Bertz CT molecular complexity index is 669. The van der Waals surface area contributed by atoms with Gasteiger partial charge >= 0.3 is 0 Å². The second kappa shape index (κ2) is 6.72. The summed E-state index contributed by atoms with van der Waals surface area (Å²) in [5.41, 5.74) is 2.13. The molecule has 1 amide bonds. The van der Waals surface area contributed by atoms with Crippen molar-refractivity contribution in [1.29, 1.82) is 0 Å². The highest BCUT2D eigenvalue weighted by Crippen LogP contribution is 2.21. The quantitative estimate of drug-likeness (QED) is 0.785. The Morgan fingerprint density at radius 3 is 2.09 bits per heavy atom. The number of carbonyl (C=O) groups is 1. The fourth-order valence-electron chi connectivity index (χ4n) is 2.40. The lowest BCUT2D eigenvalue weighted by atomic mass is 9.99. The summed E-state index contributed by atoms with van der Waals surface area (Å²) in [4.78, 5) is 16.3. The molecule has 1 aromatic heterocycles. The number of nitrogens with one attached hydrogen (secondary N) is 1. The first-order valence-corrected chi connectivity index (χ1v) is 7.18. The van der Waals surface area contributed by atoms with Gasteiger partial charge in [-0.2, -0.15) is 0 Å². The summed E-state index contributed by atoms with van der Waals surface area (Å²) < 4.78 is 1.75. The summed E-state index contributed by atoms with van der Waals surface area (Å²) >= 11 is 0. The van der Waals surface area contributed by atoms with E-state index < -0.39 is 0 Å². The number of hydrogen-bond donors (Lipinski definition) is 1. The van der Waals surface area contributed by atoms with Crippen LogP contribution in [0.1, 0.15) is 17.2 Å². The van der Waals surface area contributed by atoms with Crippen LogP contribution in [0, 0.1) is 0 Å². The number of benzene rings is 2. The summed E-state index contributed by atoms with van der Waals surface area (Å²) in [6.07, 6.45) is 5.08. The van der Waals surface area contributed by atoms with Crippen LogP contribution in [0.2, 0.25) is 0 Å². The number of hydrogen-bond acceptors (Lipinski definition) is 2. The van der Waals surface area contributed by atoms with Crippen molar-refractivity contribution in [2.75, 3.05) is 0 Å². The van der Waals surface area contributed by atoms with Crippen LogP contribution >= 0.6 is 0 Å². The molecule has 0 atom stereocenters. The smallest absolute Gasteiger partial charge is 0.240 e. The van der Waals surface area contributed by atoms with Gasteiger partial charge in [-0.15, -0.1) is 0 Å². The van der Waals surface area contributed by atoms with Crippen molar-refractivity contribution in [3.8, 4) is 0 Å². The molecule has 0 fully saturated rings. The second-order valence-electron chi connectivity index (χ2n) is 5.06. The van der Waals surface area contributed by atoms with E-state index in [1.165, 1.54) is 0 Å². The van der Waals surface area contributed by atoms with Crippen molar-refractivity contribution in [3.63, 3.8) is 0 Å². The molecule has 3 rings (SSSR count). The number of carbonyl (C=O) groups excluding carboxylic acids is 1. The Labute approximate surface area is 129 Å². The van der Waals surface area contributed by atoms with Gasteiger partial charge in [-0.3, -0.25) is 4.79 Å². The van der Waals surface area contributed by atoms with Gasteiger partial charge in [-0.05, 0) is 11.1 Å². The summed E-state index contributed by atoms with van der Waals surface area (Å²) in [5, 5.41) is 3.10. The van der Waals surface area contributed by atoms with Gasteiger partial charge in [-0.1, -0.05) is 60.7 Å². The van der Waals surface area contributed by atoms with Crippen molar-refractivity contribution in [2.24, 2.45) is 0 Å². The highest BCUT2D eigenvalue weighted by Gasteiger charge is 2.16. The highest BCUT2D eigenvalue weighted by atomic mass is 16.2. The lowest BCUT2D eigenvalue weighted by Crippen LogP contribution is -2.32. The molecule has 4 nitrogen and oxygen atoms in total. The van der Waals surface area contributed by atoms with Crippen LogP contribution < -0.4 is 5.32 Å². The molecule has 0 aliphatic rings. The SMILES string of the molecule is O=C(Cn1ccnc1)NC(c1ccccc1)c1ccccc1. The lowest BCUT2D eigenvalue weighted by Gasteiger charge is -2.20. The molecule has 22 heavy (non-hydrogen) atoms. The third-order valence-corrected chi connectivity index (χ3v) is 3.46. The molecule has 0 saturated heterocycles. The van der Waals surface area contributed by atoms with Gasteiger partial charge < -0.3 is 9.88 Å². The zero-order chi connectivity index (χ0) is 15.2. The molecule has 110 valence electrons. The van der Waals surface area contributed by atoms with E-state index in [2.05, 4.69) is 10.3 Å². The summed E-state index contributed by atoms with van der Waals surface area (Å²) in [6.45, 7) is 0.260. The van der Waals surface area contributed by atoms with Gasteiger partial charge in [0.2, 0.25) is 5.91 Å². The molecular weight excluding hydrogens is 274 g/mol. The monoisotopic (exact) mass is 291 g/mol. The molecule has 2 aromatic carbocycles. The Morgan fingerprint density at radius 2 is 1.59 bits per heavy atom. The average molecular weight is 291 g/mol. The van der Waals surface area contributed by atoms with Crippen LogP contribution in [0.3, 0.4) is 0 Å². The van der Waals surface area contributed by atoms with E-state index in [1.54, 1.807) is 23.3 Å². The molecule has 0 radical (unpaired) electrons. The summed E-state index contributed by atoms with van der Waals surface area (Å²) in [6, 6.07) is 19.8. The van der Waals surface area contributed by atoms with E-state index >= 15 is 0 Å². The maximum Gasteiger partial charge on any atom is 0.240 e. The minimum absolute atomic E-state index is 0.0456. The van der Waals surface area contributed by atoms with Crippen LogP contribution in [-0.2, 0) is 11.3 Å². The van der Waals surface area contributed by atoms with E-state index in [0.717, 1.165) is 11.1 Å². The standard InChI is InChI=1S/C18H17N3O/c22-17(13-21-12-11-19-14-21)20-18(15-7-3-1-4-8-15)16-9-5-2-6-10-16/h1-12,14,18H,13H2,(H,20,22). The lowest BCUT2D eigenvalue weighted by molar-refractivity contribution is -0.122. The maximum atomic E-state index is 12.3. The van der Waals surface area contributed by atoms with Gasteiger partial charge in [-0.25, -0.2) is 4.98 Å². The molecule has 1 N–H and O–H groups in total. The van der Waals surface area contributed by atoms with Gasteiger partial charge in [0, 0.05) is 12.4 Å². The number of imidazole rings is 1. The minimum Gasteiger partial charge on any atom is -0.344 e. The first-order chi connectivity index (χ1) is 10.8. The predicted molar refractivity (Wildman–Crippen MR) is 85.1 cm³/mol. The Balaban J connectivity index is 1.81. The topological polar surface area (TPSA) is 46.9 Å². The normalized spacial score (nSPS) is 10.6. The van der Waals surface area contributed by atoms with Crippen molar-refractivity contribution in [3.05, 3.63) is 90.5 Å². The van der Waals surface area contributed by atoms with Crippen LogP contribution in [0.5, 0.6) is 0 Å². The first kappa shape index (κ1) is 14.1. The zero-order valence-corrected chi connectivity index (χ0v) is 12.1. The van der Waals surface area contributed by atoms with E-state index in [-0.39, 0.29) is 18.5 Å². The number of aromatic nitrogens is 2. The van der Waals surface area contributed by atoms with Crippen LogP contribution in [0.25, 0.3) is 0 Å². The van der Waals surface area contributed by atoms with Gasteiger partial charge in [0.25, 0.3) is 0 Å². The first-order valence-electron chi connectivity index (χ1n) is 7.18. The molecule has 0 aliphatic carbocycles. The maximum absolute atomic E-state index is 12.3. The Morgan fingerprint density at radius 1 is 1.00 bits per heavy atom. The number of rotatable bonds is 5. The number of nitrogens with zero attached hydrogens (tertiary/aromatic N) is 2. The van der Waals surface area contributed by atoms with E-state index in [4.69, 9.17) is 0 Å². The molecule has 0 aliphatic heterocycles. The van der Waals surface area contributed by atoms with Crippen LogP contribution in [0.4, 0.5) is 0 Å². The van der Waals surface area contributed by atoms with Gasteiger partial charge in [0.1, 0.15) is 6.54 Å². The molecular formula is C18H17N3O. The van der Waals surface area contributed by atoms with E-state index in [1.807, 2.05) is 60.7 Å². The molecule has 0 bridgehead atoms. The molecule has 0 unspecified atom stereocenters. The summed E-state index contributed by atoms with van der Waals surface area (Å²) in [7, 11) is 0. The van der Waals surface area contributed by atoms with Crippen molar-refractivity contribution >= 4 is 5.91 Å². The fraction of sp³-hybridized carbons (Fsp3) is 0.111. The Hall–Kier alpha value is -2.88. The van der Waals surface area contributed by atoms with Crippen molar-refractivity contribution in [2.45, 2.75) is 12.6 Å². The Kier molecular flexibility index (Phi) is 4.30. The van der Waals surface area contributed by atoms with Crippen molar-refractivity contribution < 1.29 is 4.79 Å². The average Bonchev–Trinajstić information content (AvgIpc) is 3.07. The van der Waals surface area contributed by atoms with Crippen LogP contribution in [-0.4, -0.2) is 15.5 Å². The van der Waals surface area contributed by atoms with Gasteiger partial charge in [0.15, 0.2) is 0 Å². The molecule has 1 heterocycles. The van der Waals surface area contributed by atoms with Gasteiger partial charge in [0.05, 0.1) is 12.4 Å². The summed E-state index contributed by atoms with van der Waals surface area (Å²) in [5.74, 6) is -0.0456. The largest absolute Gasteiger partial charge is 0.344 e. The zero-order valence-electron chi connectivity index (χ0n) is 12.1. The van der Waals surface area contributed by atoms with Crippen LogP contribution in [0.15, 0.2) is 79.4 Å². The number of amides is 1. The molecule has 4 heteroatoms. The third kappa shape index (κ3) is 3.41. The van der Waals surface area contributed by atoms with Crippen molar-refractivity contribution in [1.82, 2.24) is 14.9 Å². The predicted octanol–water partition coefficient (Wildman–Crippen LogP) is 2.79. The highest BCUT2D eigenvalue weighted by molar-refractivity contribution is 5.76. The fourth-order valence-corrected chi connectivity index (χ4v) is 2.40.